The van der Waals surface area contributed by atoms with Crippen LogP contribution in [0.2, 0.25) is 0 Å². The number of hydrogen-bond acceptors (Lipinski definition) is 4. The fourth-order valence-corrected chi connectivity index (χ4v) is 3.89. The number of ether oxygens (including phenoxy) is 1. The minimum Gasteiger partial charge on any atom is -0.497 e. The molecule has 0 spiro atoms. The molecule has 1 amide bonds. The van der Waals surface area contributed by atoms with Crippen molar-refractivity contribution in [2.45, 2.75) is 19.4 Å². The Balaban J connectivity index is 1.50. The minimum atomic E-state index is -0.0165. The first-order chi connectivity index (χ1) is 13.7. The van der Waals surface area contributed by atoms with Crippen LogP contribution >= 0.6 is 0 Å². The zero-order valence-corrected chi connectivity index (χ0v) is 15.6. The van der Waals surface area contributed by atoms with E-state index in [0.29, 0.717) is 6.54 Å². The van der Waals surface area contributed by atoms with Gasteiger partial charge in [0.2, 0.25) is 0 Å². The zero-order valence-electron chi connectivity index (χ0n) is 15.6. The van der Waals surface area contributed by atoms with E-state index in [0.717, 1.165) is 58.9 Å². The molecule has 3 aromatic rings. The summed E-state index contributed by atoms with van der Waals surface area (Å²) in [5.74, 6) is 0.821. The molecular weight excluding hydrogens is 352 g/mol. The maximum Gasteiger partial charge on any atom is 0.269 e. The van der Waals surface area contributed by atoms with Gasteiger partial charge in [0.25, 0.3) is 5.91 Å². The first-order valence-corrected chi connectivity index (χ1v) is 9.42. The maximum absolute atomic E-state index is 12.3. The molecule has 1 aromatic carbocycles. The summed E-state index contributed by atoms with van der Waals surface area (Å²) in [5.41, 5.74) is 6.92. The second-order valence-corrected chi connectivity index (χ2v) is 7.03. The second-order valence-electron chi connectivity index (χ2n) is 7.03. The first kappa shape index (κ1) is 16.7. The van der Waals surface area contributed by atoms with E-state index in [1.54, 1.807) is 7.11 Å². The van der Waals surface area contributed by atoms with Crippen LogP contribution in [0.1, 0.15) is 32.9 Å². The van der Waals surface area contributed by atoms with Crippen molar-refractivity contribution >= 4 is 18.1 Å². The van der Waals surface area contributed by atoms with Gasteiger partial charge in [0.15, 0.2) is 0 Å². The summed E-state index contributed by atoms with van der Waals surface area (Å²) in [4.78, 5) is 16.9. The molecule has 0 unspecified atom stereocenters. The van der Waals surface area contributed by atoms with Crippen molar-refractivity contribution in [2.75, 3.05) is 13.7 Å². The smallest absolute Gasteiger partial charge is 0.269 e. The fourth-order valence-electron chi connectivity index (χ4n) is 3.89. The minimum absolute atomic E-state index is 0.0165. The molecule has 2 aromatic heterocycles. The van der Waals surface area contributed by atoms with Crippen LogP contribution in [-0.4, -0.2) is 34.3 Å². The number of nitrogens with zero attached hydrogens (tertiary/aromatic N) is 3. The van der Waals surface area contributed by atoms with Crippen molar-refractivity contribution in [2.24, 2.45) is 0 Å². The molecule has 140 valence electrons. The molecule has 3 heterocycles. The lowest BCUT2D eigenvalue weighted by atomic mass is 9.89. The summed E-state index contributed by atoms with van der Waals surface area (Å²) in [5, 5.41) is 7.68. The molecule has 1 N–H and O–H groups in total. The SMILES string of the molecule is COc1ccc(C=Cc2cc3c(cn2)CCc2c-3nn3c2C(=O)NCC3)cc1. The number of aryl methyl sites for hydroxylation is 1. The summed E-state index contributed by atoms with van der Waals surface area (Å²) in [6, 6.07) is 9.96. The summed E-state index contributed by atoms with van der Waals surface area (Å²) < 4.78 is 7.05. The van der Waals surface area contributed by atoms with Crippen molar-refractivity contribution in [1.29, 1.82) is 0 Å². The Kier molecular flexibility index (Phi) is 3.97. The molecule has 2 aliphatic rings. The average Bonchev–Trinajstić information content (AvgIpc) is 3.13. The second kappa shape index (κ2) is 6.64. The molecule has 28 heavy (non-hydrogen) atoms. The van der Waals surface area contributed by atoms with E-state index in [4.69, 9.17) is 9.84 Å². The Morgan fingerprint density at radius 1 is 1.18 bits per heavy atom. The predicted molar refractivity (Wildman–Crippen MR) is 107 cm³/mol. The highest BCUT2D eigenvalue weighted by molar-refractivity contribution is 5.97. The zero-order chi connectivity index (χ0) is 19.1. The standard InChI is InChI=1S/C22H20N4O2/c1-28-17-7-3-14(4-8-17)2-6-16-12-19-15(13-24-16)5-9-18-20(19)25-26-11-10-23-22(27)21(18)26/h2-4,6-8,12-13H,5,9-11H2,1H3,(H,23,27). The number of methoxy groups -OCH3 is 1. The van der Waals surface area contributed by atoms with Crippen LogP contribution in [0.3, 0.4) is 0 Å². The van der Waals surface area contributed by atoms with Crippen LogP contribution in [-0.2, 0) is 19.4 Å². The van der Waals surface area contributed by atoms with Crippen LogP contribution in [0, 0.1) is 0 Å². The molecule has 1 aliphatic heterocycles. The number of carbonyl (C=O) groups is 1. The van der Waals surface area contributed by atoms with E-state index in [2.05, 4.69) is 16.4 Å². The van der Waals surface area contributed by atoms with E-state index in [1.807, 2.05) is 47.3 Å². The number of pyridine rings is 1. The molecule has 0 saturated heterocycles. The van der Waals surface area contributed by atoms with Crippen molar-refractivity contribution in [1.82, 2.24) is 20.1 Å². The van der Waals surface area contributed by atoms with Gasteiger partial charge in [-0.25, -0.2) is 0 Å². The molecule has 0 radical (unpaired) electrons. The fraction of sp³-hybridized carbons (Fsp3) is 0.227. The highest BCUT2D eigenvalue weighted by Gasteiger charge is 2.30. The number of rotatable bonds is 3. The molecular formula is C22H20N4O2. The molecule has 5 rings (SSSR count). The van der Waals surface area contributed by atoms with Crippen LogP contribution in [0.25, 0.3) is 23.4 Å². The third-order valence-corrected chi connectivity index (χ3v) is 5.34. The number of fused-ring (bicyclic) bond motifs is 5. The molecule has 0 atom stereocenters. The van der Waals surface area contributed by atoms with Gasteiger partial charge >= 0.3 is 0 Å². The van der Waals surface area contributed by atoms with E-state index in [-0.39, 0.29) is 5.91 Å². The van der Waals surface area contributed by atoms with E-state index in [1.165, 1.54) is 5.56 Å². The van der Waals surface area contributed by atoms with E-state index in [9.17, 15) is 4.79 Å². The van der Waals surface area contributed by atoms with Crippen molar-refractivity contribution in [3.05, 3.63) is 64.6 Å². The third-order valence-electron chi connectivity index (χ3n) is 5.34. The van der Waals surface area contributed by atoms with Gasteiger partial charge in [0.05, 0.1) is 25.0 Å². The molecule has 0 saturated carbocycles. The highest BCUT2D eigenvalue weighted by atomic mass is 16.5. The van der Waals surface area contributed by atoms with Gasteiger partial charge < -0.3 is 10.1 Å². The summed E-state index contributed by atoms with van der Waals surface area (Å²) in [6.45, 7) is 1.35. The first-order valence-electron chi connectivity index (χ1n) is 9.42. The monoisotopic (exact) mass is 372 g/mol. The molecule has 0 fully saturated rings. The number of carbonyl (C=O) groups excluding carboxylic acids is 1. The largest absolute Gasteiger partial charge is 0.497 e. The van der Waals surface area contributed by atoms with Crippen LogP contribution < -0.4 is 10.1 Å². The van der Waals surface area contributed by atoms with E-state index < -0.39 is 0 Å². The van der Waals surface area contributed by atoms with Gasteiger partial charge in [-0.3, -0.25) is 14.5 Å². The number of aromatic nitrogens is 3. The van der Waals surface area contributed by atoms with Crippen molar-refractivity contribution in [3.63, 3.8) is 0 Å². The third kappa shape index (κ3) is 2.78. The number of benzene rings is 1. The van der Waals surface area contributed by atoms with E-state index >= 15 is 0 Å². The van der Waals surface area contributed by atoms with Gasteiger partial charge in [-0.05, 0) is 48.2 Å². The van der Waals surface area contributed by atoms with Gasteiger partial charge in [-0.2, -0.15) is 5.10 Å². The predicted octanol–water partition coefficient (Wildman–Crippen LogP) is 2.97. The van der Waals surface area contributed by atoms with Crippen LogP contribution in [0.5, 0.6) is 5.75 Å². The molecule has 6 heteroatoms. The summed E-state index contributed by atoms with van der Waals surface area (Å²) >= 11 is 0. The quantitative estimate of drug-likeness (QED) is 0.767. The topological polar surface area (TPSA) is 69.0 Å². The van der Waals surface area contributed by atoms with Gasteiger partial charge in [-0.1, -0.05) is 18.2 Å². The number of nitrogens with one attached hydrogen (secondary N) is 1. The van der Waals surface area contributed by atoms with Gasteiger partial charge in [0, 0.05) is 23.9 Å². The van der Waals surface area contributed by atoms with Crippen molar-refractivity contribution in [3.8, 4) is 17.0 Å². The van der Waals surface area contributed by atoms with Crippen molar-refractivity contribution < 1.29 is 9.53 Å². The Labute approximate surface area is 162 Å². The Bertz CT molecular complexity index is 1100. The Morgan fingerprint density at radius 3 is 2.86 bits per heavy atom. The van der Waals surface area contributed by atoms with Gasteiger partial charge in [0.1, 0.15) is 11.4 Å². The lowest BCUT2D eigenvalue weighted by Gasteiger charge is -2.17. The lowest BCUT2D eigenvalue weighted by molar-refractivity contribution is 0.0923. The average molecular weight is 372 g/mol. The van der Waals surface area contributed by atoms with Crippen LogP contribution in [0.15, 0.2) is 36.5 Å². The van der Waals surface area contributed by atoms with Crippen LogP contribution in [0.4, 0.5) is 0 Å². The molecule has 6 nitrogen and oxygen atoms in total. The highest BCUT2D eigenvalue weighted by Crippen LogP contribution is 2.35. The summed E-state index contributed by atoms with van der Waals surface area (Å²) in [7, 11) is 1.66. The number of amides is 1. The lowest BCUT2D eigenvalue weighted by Crippen LogP contribution is -2.36. The molecule has 1 aliphatic carbocycles. The Morgan fingerprint density at radius 2 is 2.04 bits per heavy atom. The maximum atomic E-state index is 12.3. The Hall–Kier alpha value is -3.41. The number of hydrogen-bond donors (Lipinski definition) is 1. The molecule has 0 bridgehead atoms. The normalized spacial score (nSPS) is 15.0. The summed E-state index contributed by atoms with van der Waals surface area (Å²) in [6.07, 6.45) is 7.67. The van der Waals surface area contributed by atoms with Gasteiger partial charge in [-0.15, -0.1) is 0 Å².